The zero-order valence-electron chi connectivity index (χ0n) is 17.3. The first-order chi connectivity index (χ1) is 14.5. The first kappa shape index (κ1) is 20.7. The SMILES string of the molecule is CCCC1(NCc2cccc3c2C(=O)N(C2CCC(=O)NC2=O)C3=O)CCCNC1. The summed E-state index contributed by atoms with van der Waals surface area (Å²) in [5.41, 5.74) is 1.44. The van der Waals surface area contributed by atoms with Gasteiger partial charge in [0.15, 0.2) is 0 Å². The smallest absolute Gasteiger partial charge is 0.262 e. The van der Waals surface area contributed by atoms with Crippen LogP contribution >= 0.6 is 0 Å². The second-order valence-electron chi connectivity index (χ2n) is 8.45. The van der Waals surface area contributed by atoms with Gasteiger partial charge < -0.3 is 10.6 Å². The second-order valence-corrected chi connectivity index (χ2v) is 8.45. The lowest BCUT2D eigenvalue weighted by molar-refractivity contribution is -0.136. The van der Waals surface area contributed by atoms with E-state index in [9.17, 15) is 19.2 Å². The van der Waals surface area contributed by atoms with Crippen molar-refractivity contribution in [1.29, 1.82) is 0 Å². The van der Waals surface area contributed by atoms with Gasteiger partial charge in [0.25, 0.3) is 11.8 Å². The zero-order valence-corrected chi connectivity index (χ0v) is 17.3. The maximum absolute atomic E-state index is 13.2. The Morgan fingerprint density at radius 1 is 1.20 bits per heavy atom. The van der Waals surface area contributed by atoms with Crippen molar-refractivity contribution >= 4 is 23.6 Å². The fraction of sp³-hybridized carbons (Fsp3) is 0.545. The van der Waals surface area contributed by atoms with Crippen molar-refractivity contribution in [3.8, 4) is 0 Å². The standard InChI is InChI=1S/C22H28N4O4/c1-2-9-22(10-4-11-23-13-22)24-12-14-5-3-6-15-18(14)21(30)26(20(15)29)16-7-8-17(27)25-19(16)28/h3,5-6,16,23-24H,2,4,7-13H2,1H3,(H,25,27,28). The minimum Gasteiger partial charge on any atom is -0.315 e. The van der Waals surface area contributed by atoms with Crippen molar-refractivity contribution in [2.24, 2.45) is 0 Å². The Morgan fingerprint density at radius 3 is 2.73 bits per heavy atom. The molecule has 3 heterocycles. The van der Waals surface area contributed by atoms with Crippen LogP contribution in [0.2, 0.25) is 0 Å². The van der Waals surface area contributed by atoms with E-state index in [1.54, 1.807) is 12.1 Å². The molecule has 8 heteroatoms. The molecule has 3 aliphatic heterocycles. The number of carbonyl (C=O) groups excluding carboxylic acids is 4. The van der Waals surface area contributed by atoms with E-state index in [1.165, 1.54) is 0 Å². The maximum atomic E-state index is 13.2. The van der Waals surface area contributed by atoms with Crippen molar-refractivity contribution in [3.05, 3.63) is 34.9 Å². The molecular formula is C22H28N4O4. The van der Waals surface area contributed by atoms with Crippen LogP contribution in [-0.2, 0) is 16.1 Å². The number of amides is 4. The van der Waals surface area contributed by atoms with E-state index in [1.807, 2.05) is 6.07 Å². The monoisotopic (exact) mass is 412 g/mol. The summed E-state index contributed by atoms with van der Waals surface area (Å²) < 4.78 is 0. The molecule has 0 aliphatic carbocycles. The lowest BCUT2D eigenvalue weighted by Crippen LogP contribution is -2.55. The molecule has 160 valence electrons. The van der Waals surface area contributed by atoms with E-state index in [4.69, 9.17) is 0 Å². The third-order valence-corrected chi connectivity index (χ3v) is 6.41. The molecule has 2 unspecified atom stereocenters. The highest BCUT2D eigenvalue weighted by Crippen LogP contribution is 2.31. The van der Waals surface area contributed by atoms with Gasteiger partial charge in [-0.2, -0.15) is 0 Å². The Labute approximate surface area is 175 Å². The molecule has 8 nitrogen and oxygen atoms in total. The summed E-state index contributed by atoms with van der Waals surface area (Å²) in [6, 6.07) is 4.33. The molecule has 2 atom stereocenters. The van der Waals surface area contributed by atoms with E-state index in [-0.39, 0.29) is 24.3 Å². The number of nitrogens with zero attached hydrogens (tertiary/aromatic N) is 1. The molecule has 3 N–H and O–H groups in total. The second kappa shape index (κ2) is 8.28. The van der Waals surface area contributed by atoms with Crippen molar-refractivity contribution in [3.63, 3.8) is 0 Å². The molecule has 3 aliphatic rings. The van der Waals surface area contributed by atoms with Crippen molar-refractivity contribution in [2.45, 2.75) is 63.6 Å². The highest BCUT2D eigenvalue weighted by molar-refractivity contribution is 6.24. The quantitative estimate of drug-likeness (QED) is 0.604. The number of hydrogen-bond donors (Lipinski definition) is 3. The number of piperidine rings is 2. The fourth-order valence-electron chi connectivity index (χ4n) is 4.91. The van der Waals surface area contributed by atoms with Crippen LogP contribution in [-0.4, -0.2) is 53.2 Å². The van der Waals surface area contributed by atoms with Crippen LogP contribution in [0.1, 0.15) is 71.7 Å². The predicted octanol–water partition coefficient (Wildman–Crippen LogP) is 1.10. The number of hydrogen-bond acceptors (Lipinski definition) is 6. The largest absolute Gasteiger partial charge is 0.315 e. The molecule has 0 spiro atoms. The summed E-state index contributed by atoms with van der Waals surface area (Å²) >= 11 is 0. The molecule has 1 aromatic rings. The fourth-order valence-corrected chi connectivity index (χ4v) is 4.91. The summed E-state index contributed by atoms with van der Waals surface area (Å²) in [6.07, 6.45) is 4.53. The number of imide groups is 2. The highest BCUT2D eigenvalue weighted by Gasteiger charge is 2.45. The Hall–Kier alpha value is -2.58. The summed E-state index contributed by atoms with van der Waals surface area (Å²) in [7, 11) is 0. The first-order valence-electron chi connectivity index (χ1n) is 10.7. The number of fused-ring (bicyclic) bond motifs is 1. The molecule has 0 bridgehead atoms. The van der Waals surface area contributed by atoms with Gasteiger partial charge in [-0.3, -0.25) is 29.4 Å². The number of carbonyl (C=O) groups is 4. The molecule has 30 heavy (non-hydrogen) atoms. The molecule has 2 saturated heterocycles. The van der Waals surface area contributed by atoms with Crippen LogP contribution in [0.4, 0.5) is 0 Å². The molecule has 0 aromatic heterocycles. The number of rotatable bonds is 6. The maximum Gasteiger partial charge on any atom is 0.262 e. The third-order valence-electron chi connectivity index (χ3n) is 6.41. The van der Waals surface area contributed by atoms with Gasteiger partial charge in [0.05, 0.1) is 11.1 Å². The molecule has 4 amide bonds. The van der Waals surface area contributed by atoms with Gasteiger partial charge in [-0.05, 0) is 43.9 Å². The van der Waals surface area contributed by atoms with Crippen LogP contribution in [0, 0.1) is 0 Å². The van der Waals surface area contributed by atoms with Gasteiger partial charge in [0.1, 0.15) is 6.04 Å². The van der Waals surface area contributed by atoms with Crippen LogP contribution < -0.4 is 16.0 Å². The molecular weight excluding hydrogens is 384 g/mol. The van der Waals surface area contributed by atoms with E-state index in [0.29, 0.717) is 17.7 Å². The number of nitrogens with one attached hydrogen (secondary N) is 3. The van der Waals surface area contributed by atoms with Crippen LogP contribution in [0.25, 0.3) is 0 Å². The van der Waals surface area contributed by atoms with Gasteiger partial charge in [-0.15, -0.1) is 0 Å². The molecule has 1 aromatic carbocycles. The van der Waals surface area contributed by atoms with Crippen LogP contribution in [0.15, 0.2) is 18.2 Å². The van der Waals surface area contributed by atoms with Gasteiger partial charge in [0.2, 0.25) is 11.8 Å². The van der Waals surface area contributed by atoms with E-state index in [2.05, 4.69) is 22.9 Å². The van der Waals surface area contributed by atoms with E-state index >= 15 is 0 Å². The molecule has 0 saturated carbocycles. The Morgan fingerprint density at radius 2 is 2.03 bits per heavy atom. The van der Waals surface area contributed by atoms with E-state index < -0.39 is 23.8 Å². The van der Waals surface area contributed by atoms with Crippen LogP contribution in [0.5, 0.6) is 0 Å². The van der Waals surface area contributed by atoms with Gasteiger partial charge in [-0.25, -0.2) is 0 Å². The van der Waals surface area contributed by atoms with E-state index in [0.717, 1.165) is 49.2 Å². The topological polar surface area (TPSA) is 108 Å². The summed E-state index contributed by atoms with van der Waals surface area (Å²) in [4.78, 5) is 50.9. The molecule has 0 radical (unpaired) electrons. The summed E-state index contributed by atoms with van der Waals surface area (Å²) in [6.45, 7) is 4.54. The Balaban J connectivity index is 1.57. The highest BCUT2D eigenvalue weighted by atomic mass is 16.2. The minimum absolute atomic E-state index is 0.0231. The van der Waals surface area contributed by atoms with Gasteiger partial charge >= 0.3 is 0 Å². The zero-order chi connectivity index (χ0) is 21.3. The summed E-state index contributed by atoms with van der Waals surface area (Å²) in [5, 5.41) is 9.35. The molecule has 2 fully saturated rings. The number of benzene rings is 1. The van der Waals surface area contributed by atoms with Gasteiger partial charge in [0, 0.05) is 25.0 Å². The van der Waals surface area contributed by atoms with Gasteiger partial charge in [-0.1, -0.05) is 25.5 Å². The first-order valence-corrected chi connectivity index (χ1v) is 10.7. The Kier molecular flexibility index (Phi) is 5.71. The van der Waals surface area contributed by atoms with Crippen molar-refractivity contribution in [2.75, 3.05) is 13.1 Å². The van der Waals surface area contributed by atoms with Crippen molar-refractivity contribution < 1.29 is 19.2 Å². The van der Waals surface area contributed by atoms with Crippen molar-refractivity contribution in [1.82, 2.24) is 20.9 Å². The third kappa shape index (κ3) is 3.65. The average molecular weight is 412 g/mol. The average Bonchev–Trinajstić information content (AvgIpc) is 2.99. The predicted molar refractivity (Wildman–Crippen MR) is 110 cm³/mol. The lowest BCUT2D eigenvalue weighted by atomic mass is 9.85. The minimum atomic E-state index is -0.940. The normalized spacial score (nSPS) is 26.7. The lowest BCUT2D eigenvalue weighted by Gasteiger charge is -2.39. The van der Waals surface area contributed by atoms with Crippen LogP contribution in [0.3, 0.4) is 0 Å². The summed E-state index contributed by atoms with van der Waals surface area (Å²) in [5.74, 6) is -1.88. The Bertz CT molecular complexity index is 886. The molecule has 4 rings (SSSR count).